The van der Waals surface area contributed by atoms with Gasteiger partial charge in [0.25, 0.3) is 0 Å². The summed E-state index contributed by atoms with van der Waals surface area (Å²) < 4.78 is 5.93. The van der Waals surface area contributed by atoms with Gasteiger partial charge in [0, 0.05) is 31.6 Å². The Kier molecular flexibility index (Phi) is 6.98. The van der Waals surface area contributed by atoms with Gasteiger partial charge in [-0.2, -0.15) is 0 Å². The largest absolute Gasteiger partial charge is 0.373 e. The van der Waals surface area contributed by atoms with Gasteiger partial charge in [0.2, 0.25) is 5.91 Å². The minimum atomic E-state index is -0.0816. The molecule has 5 heteroatoms. The van der Waals surface area contributed by atoms with E-state index in [0.29, 0.717) is 6.42 Å². The number of ether oxygens (including phenoxy) is 1. The highest BCUT2D eigenvalue weighted by Gasteiger charge is 2.42. The summed E-state index contributed by atoms with van der Waals surface area (Å²) in [7, 11) is 0. The van der Waals surface area contributed by atoms with Gasteiger partial charge >= 0.3 is 0 Å². The number of morpholine rings is 1. The third-order valence-corrected chi connectivity index (χ3v) is 6.73. The standard InChI is InChI=1S/C21H39N3O2/c1-20(2)17-24(14-15-26-20)21(10-4-3-5-11-21)16-23-19(25)7-6-18-8-12-22-13-9-18/h18,22H,3-17H2,1-2H3,(H,23,25). The average Bonchev–Trinajstić information content (AvgIpc) is 2.65. The quantitative estimate of drug-likeness (QED) is 0.760. The fourth-order valence-electron chi connectivity index (χ4n) is 5.09. The first kappa shape index (κ1) is 20.1. The van der Waals surface area contributed by atoms with Crippen LogP contribution >= 0.6 is 0 Å². The molecule has 2 N–H and O–H groups in total. The summed E-state index contributed by atoms with van der Waals surface area (Å²) in [5.74, 6) is 0.978. The minimum absolute atomic E-state index is 0.0816. The molecule has 2 saturated heterocycles. The summed E-state index contributed by atoms with van der Waals surface area (Å²) in [4.78, 5) is 15.1. The summed E-state index contributed by atoms with van der Waals surface area (Å²) in [5.41, 5.74) is 0.0610. The van der Waals surface area contributed by atoms with Crippen molar-refractivity contribution in [2.45, 2.75) is 82.8 Å². The van der Waals surface area contributed by atoms with E-state index in [2.05, 4.69) is 29.4 Å². The van der Waals surface area contributed by atoms with Crippen LogP contribution in [0.2, 0.25) is 0 Å². The molecule has 26 heavy (non-hydrogen) atoms. The van der Waals surface area contributed by atoms with Gasteiger partial charge in [-0.15, -0.1) is 0 Å². The highest BCUT2D eigenvalue weighted by Crippen LogP contribution is 2.36. The van der Waals surface area contributed by atoms with Crippen molar-refractivity contribution in [2.24, 2.45) is 5.92 Å². The topological polar surface area (TPSA) is 53.6 Å². The van der Waals surface area contributed by atoms with Gasteiger partial charge in [0.15, 0.2) is 0 Å². The Bertz CT molecular complexity index is 454. The van der Waals surface area contributed by atoms with Crippen LogP contribution in [0.15, 0.2) is 0 Å². The van der Waals surface area contributed by atoms with E-state index in [1.807, 2.05) is 0 Å². The average molecular weight is 366 g/mol. The van der Waals surface area contributed by atoms with Crippen LogP contribution in [0.5, 0.6) is 0 Å². The predicted molar refractivity (Wildman–Crippen MR) is 105 cm³/mol. The summed E-state index contributed by atoms with van der Waals surface area (Å²) in [6.45, 7) is 10.2. The molecule has 0 bridgehead atoms. The molecule has 0 aromatic heterocycles. The van der Waals surface area contributed by atoms with Gasteiger partial charge in [-0.3, -0.25) is 9.69 Å². The second-order valence-electron chi connectivity index (χ2n) is 9.32. The molecule has 1 aliphatic carbocycles. The lowest BCUT2D eigenvalue weighted by molar-refractivity contribution is -0.129. The first-order valence-electron chi connectivity index (χ1n) is 10.9. The first-order chi connectivity index (χ1) is 12.5. The Labute approximate surface area is 159 Å². The number of nitrogens with one attached hydrogen (secondary N) is 2. The molecular weight excluding hydrogens is 326 g/mol. The van der Waals surface area contributed by atoms with Crippen molar-refractivity contribution in [3.05, 3.63) is 0 Å². The number of hydrogen-bond donors (Lipinski definition) is 2. The number of nitrogens with zero attached hydrogens (tertiary/aromatic N) is 1. The van der Waals surface area contributed by atoms with Crippen molar-refractivity contribution in [1.29, 1.82) is 0 Å². The Morgan fingerprint density at radius 2 is 1.92 bits per heavy atom. The number of hydrogen-bond acceptors (Lipinski definition) is 4. The number of piperidine rings is 1. The van der Waals surface area contributed by atoms with Crippen molar-refractivity contribution < 1.29 is 9.53 Å². The number of carbonyl (C=O) groups is 1. The molecule has 0 unspecified atom stereocenters. The van der Waals surface area contributed by atoms with E-state index >= 15 is 0 Å². The van der Waals surface area contributed by atoms with Crippen molar-refractivity contribution in [1.82, 2.24) is 15.5 Å². The van der Waals surface area contributed by atoms with E-state index in [1.54, 1.807) is 0 Å². The van der Waals surface area contributed by atoms with Gasteiger partial charge < -0.3 is 15.4 Å². The third kappa shape index (κ3) is 5.43. The summed E-state index contributed by atoms with van der Waals surface area (Å²) in [6.07, 6.45) is 10.5. The van der Waals surface area contributed by atoms with Crippen molar-refractivity contribution in [3.8, 4) is 0 Å². The molecule has 3 fully saturated rings. The van der Waals surface area contributed by atoms with Crippen LogP contribution in [-0.2, 0) is 9.53 Å². The van der Waals surface area contributed by atoms with Crippen molar-refractivity contribution in [3.63, 3.8) is 0 Å². The van der Waals surface area contributed by atoms with Crippen LogP contribution in [0.1, 0.15) is 71.6 Å². The molecule has 0 radical (unpaired) electrons. The van der Waals surface area contributed by atoms with Crippen LogP contribution in [-0.4, -0.2) is 61.3 Å². The van der Waals surface area contributed by atoms with Crippen LogP contribution in [0.3, 0.4) is 0 Å². The molecule has 0 atom stereocenters. The Balaban J connectivity index is 1.52. The third-order valence-electron chi connectivity index (χ3n) is 6.73. The lowest BCUT2D eigenvalue weighted by Crippen LogP contribution is -2.63. The molecule has 2 aliphatic heterocycles. The fraction of sp³-hybridized carbons (Fsp3) is 0.952. The van der Waals surface area contributed by atoms with Crippen LogP contribution in [0.25, 0.3) is 0 Å². The van der Waals surface area contributed by atoms with Crippen molar-refractivity contribution >= 4 is 5.91 Å². The zero-order valence-corrected chi connectivity index (χ0v) is 16.9. The van der Waals surface area contributed by atoms with Gasteiger partial charge in [-0.25, -0.2) is 0 Å². The minimum Gasteiger partial charge on any atom is -0.373 e. The van der Waals surface area contributed by atoms with Crippen molar-refractivity contribution in [2.75, 3.05) is 39.3 Å². The molecule has 1 amide bonds. The molecule has 3 aliphatic rings. The molecule has 0 aromatic carbocycles. The molecule has 3 rings (SSSR count). The SMILES string of the molecule is CC1(C)CN(C2(CNC(=O)CCC3CCNCC3)CCCCC2)CCO1. The zero-order chi connectivity index (χ0) is 18.5. The maximum absolute atomic E-state index is 12.5. The lowest BCUT2D eigenvalue weighted by Gasteiger charge is -2.51. The van der Waals surface area contributed by atoms with E-state index in [1.165, 1.54) is 44.9 Å². The molecular formula is C21H39N3O2. The van der Waals surface area contributed by atoms with E-state index in [-0.39, 0.29) is 17.0 Å². The normalized spacial score (nSPS) is 27.2. The number of amides is 1. The lowest BCUT2D eigenvalue weighted by atomic mass is 9.79. The van der Waals surface area contributed by atoms with Gasteiger partial charge in [0.1, 0.15) is 0 Å². The number of rotatable bonds is 6. The molecule has 5 nitrogen and oxygen atoms in total. The van der Waals surface area contributed by atoms with Gasteiger partial charge in [0.05, 0.1) is 12.2 Å². The van der Waals surface area contributed by atoms with E-state index in [9.17, 15) is 4.79 Å². The Morgan fingerprint density at radius 3 is 2.62 bits per heavy atom. The van der Waals surface area contributed by atoms with Crippen LogP contribution in [0, 0.1) is 5.92 Å². The predicted octanol–water partition coefficient (Wildman–Crippen LogP) is 2.70. The maximum Gasteiger partial charge on any atom is 0.220 e. The second kappa shape index (κ2) is 9.03. The molecule has 0 aromatic rings. The highest BCUT2D eigenvalue weighted by molar-refractivity contribution is 5.75. The first-order valence-corrected chi connectivity index (χ1v) is 10.9. The van der Waals surface area contributed by atoms with Gasteiger partial charge in [-0.1, -0.05) is 19.3 Å². The Hall–Kier alpha value is -0.650. The monoisotopic (exact) mass is 365 g/mol. The molecule has 2 heterocycles. The molecule has 150 valence electrons. The van der Waals surface area contributed by atoms with Crippen LogP contribution in [0.4, 0.5) is 0 Å². The molecule has 0 spiro atoms. The maximum atomic E-state index is 12.5. The zero-order valence-electron chi connectivity index (χ0n) is 16.9. The van der Waals surface area contributed by atoms with E-state index in [4.69, 9.17) is 4.74 Å². The number of carbonyl (C=O) groups excluding carboxylic acids is 1. The summed E-state index contributed by atoms with van der Waals surface area (Å²) >= 11 is 0. The van der Waals surface area contributed by atoms with E-state index < -0.39 is 0 Å². The fourth-order valence-corrected chi connectivity index (χ4v) is 5.09. The molecule has 1 saturated carbocycles. The Morgan fingerprint density at radius 1 is 1.19 bits per heavy atom. The van der Waals surface area contributed by atoms with Crippen LogP contribution < -0.4 is 10.6 Å². The van der Waals surface area contributed by atoms with Gasteiger partial charge in [-0.05, 0) is 65.0 Å². The van der Waals surface area contributed by atoms with E-state index in [0.717, 1.165) is 51.7 Å². The summed E-state index contributed by atoms with van der Waals surface area (Å²) in [6, 6.07) is 0. The second-order valence-corrected chi connectivity index (χ2v) is 9.32. The smallest absolute Gasteiger partial charge is 0.220 e. The summed E-state index contributed by atoms with van der Waals surface area (Å²) in [5, 5.41) is 6.72. The highest BCUT2D eigenvalue weighted by atomic mass is 16.5.